The van der Waals surface area contributed by atoms with E-state index in [1.807, 2.05) is 6.92 Å². The molecule has 7 heteroatoms. The third kappa shape index (κ3) is 3.16. The summed E-state index contributed by atoms with van der Waals surface area (Å²) in [7, 11) is 0. The lowest BCUT2D eigenvalue weighted by atomic mass is 10.0. The highest BCUT2D eigenvalue weighted by molar-refractivity contribution is 8.19. The number of carbonyl (C=O) groups is 1. The minimum atomic E-state index is -0.588. The topological polar surface area (TPSA) is 83.3 Å². The van der Waals surface area contributed by atoms with Gasteiger partial charge >= 0.3 is 0 Å². The van der Waals surface area contributed by atoms with E-state index in [1.165, 1.54) is 17.4 Å². The van der Waals surface area contributed by atoms with E-state index in [4.69, 9.17) is 10.1 Å². The number of hydrogen-bond acceptors (Lipinski definition) is 7. The van der Waals surface area contributed by atoms with Gasteiger partial charge in [-0.3, -0.25) is 10.2 Å². The number of thioether (sulfide) groups is 1. The van der Waals surface area contributed by atoms with Gasteiger partial charge in [0.2, 0.25) is 0 Å². The first-order valence-corrected chi connectivity index (χ1v) is 8.67. The quantitative estimate of drug-likeness (QED) is 0.825. The second kappa shape index (κ2) is 6.55. The van der Waals surface area contributed by atoms with E-state index in [-0.39, 0.29) is 11.5 Å². The molecule has 1 aliphatic heterocycles. The summed E-state index contributed by atoms with van der Waals surface area (Å²) in [5.41, 5.74) is 0.745. The van der Waals surface area contributed by atoms with E-state index in [0.29, 0.717) is 27.3 Å². The maximum absolute atomic E-state index is 12.6. The van der Waals surface area contributed by atoms with Crippen molar-refractivity contribution in [2.24, 2.45) is 0 Å². The lowest BCUT2D eigenvalue weighted by Gasteiger charge is -2.06. The highest BCUT2D eigenvalue weighted by Gasteiger charge is 2.38. The second-order valence-electron chi connectivity index (χ2n) is 4.80. The maximum atomic E-state index is 12.6. The van der Waals surface area contributed by atoms with Crippen molar-refractivity contribution >= 4 is 40.0 Å². The van der Waals surface area contributed by atoms with Crippen LogP contribution in [-0.2, 0) is 4.79 Å². The number of Topliss-reactive ketones (excluding diaryl/α,β-unsaturated/α-hetero) is 1. The van der Waals surface area contributed by atoms with Crippen molar-refractivity contribution in [3.63, 3.8) is 0 Å². The van der Waals surface area contributed by atoms with Crippen molar-refractivity contribution in [3.05, 3.63) is 45.3 Å². The summed E-state index contributed by atoms with van der Waals surface area (Å²) in [5, 5.41) is 20.5. The van der Waals surface area contributed by atoms with Gasteiger partial charge in [-0.15, -0.1) is 11.3 Å². The average Bonchev–Trinajstić information content (AvgIpc) is 3.12. The number of carbonyl (C=O) groups excluding carboxylic acids is 1. The predicted octanol–water partition coefficient (Wildman–Crippen LogP) is 3.67. The summed E-state index contributed by atoms with van der Waals surface area (Å²) in [5.74, 6) is -0.257. The summed E-state index contributed by atoms with van der Waals surface area (Å²) in [6.07, 6.45) is 3.36. The zero-order valence-corrected chi connectivity index (χ0v) is 13.9. The molecule has 1 aliphatic rings. The van der Waals surface area contributed by atoms with Gasteiger partial charge in [-0.25, -0.2) is 4.98 Å². The first-order chi connectivity index (χ1) is 11.1. The van der Waals surface area contributed by atoms with Crippen molar-refractivity contribution in [2.75, 3.05) is 6.61 Å². The van der Waals surface area contributed by atoms with Crippen LogP contribution in [-0.4, -0.2) is 27.5 Å². The number of rotatable bonds is 4. The lowest BCUT2D eigenvalue weighted by Crippen LogP contribution is -2.11. The number of phenols is 1. The zero-order chi connectivity index (χ0) is 16.4. The number of nitrogens with one attached hydrogen (secondary N) is 1. The van der Waals surface area contributed by atoms with Crippen LogP contribution in [0.15, 0.2) is 34.7 Å². The molecular weight excluding hydrogens is 332 g/mol. The van der Waals surface area contributed by atoms with E-state index < -0.39 is 5.92 Å². The minimum Gasteiger partial charge on any atom is -0.504 e. The fourth-order valence-electron chi connectivity index (χ4n) is 2.23. The molecule has 1 aromatic heterocycles. The second-order valence-corrected chi connectivity index (χ2v) is 6.81. The van der Waals surface area contributed by atoms with Crippen LogP contribution in [0.5, 0.6) is 11.5 Å². The van der Waals surface area contributed by atoms with Crippen LogP contribution in [0.3, 0.4) is 0 Å². The van der Waals surface area contributed by atoms with E-state index in [9.17, 15) is 9.90 Å². The molecular formula is C16H14N2O3S2. The van der Waals surface area contributed by atoms with Crippen LogP contribution in [0.25, 0.3) is 6.08 Å². The molecule has 2 N–H and O–H groups in total. The van der Waals surface area contributed by atoms with Crippen LogP contribution < -0.4 is 4.74 Å². The SMILES string of the molecule is CCOc1cc(/C=C2\SC(=N)[C@@H](c3nccs3)C2=O)ccc1O. The third-order valence-corrected chi connectivity index (χ3v) is 5.10. The Morgan fingerprint density at radius 3 is 3.00 bits per heavy atom. The number of aromatic nitrogens is 1. The number of allylic oxidation sites excluding steroid dienone is 1. The molecule has 23 heavy (non-hydrogen) atoms. The molecule has 1 aromatic carbocycles. The van der Waals surface area contributed by atoms with Gasteiger partial charge in [0.15, 0.2) is 17.3 Å². The van der Waals surface area contributed by atoms with Gasteiger partial charge in [-0.2, -0.15) is 0 Å². The van der Waals surface area contributed by atoms with Crippen molar-refractivity contribution in [2.45, 2.75) is 12.8 Å². The molecule has 0 bridgehead atoms. The zero-order valence-electron chi connectivity index (χ0n) is 12.3. The fourth-order valence-corrected chi connectivity index (χ4v) is 4.04. The fraction of sp³-hybridized carbons (Fsp3) is 0.188. The number of aromatic hydroxyl groups is 1. The lowest BCUT2D eigenvalue weighted by molar-refractivity contribution is -0.114. The molecule has 0 aliphatic carbocycles. The summed E-state index contributed by atoms with van der Waals surface area (Å²) in [6, 6.07) is 4.92. The number of ether oxygens (including phenoxy) is 1. The molecule has 5 nitrogen and oxygen atoms in total. The van der Waals surface area contributed by atoms with E-state index in [1.54, 1.807) is 29.8 Å². The third-order valence-electron chi connectivity index (χ3n) is 3.27. The summed E-state index contributed by atoms with van der Waals surface area (Å²) in [4.78, 5) is 17.2. The summed E-state index contributed by atoms with van der Waals surface area (Å²) >= 11 is 2.54. The van der Waals surface area contributed by atoms with Crippen molar-refractivity contribution in [3.8, 4) is 11.5 Å². The van der Waals surface area contributed by atoms with Crippen molar-refractivity contribution < 1.29 is 14.6 Å². The van der Waals surface area contributed by atoms with Crippen LogP contribution in [0.4, 0.5) is 0 Å². The predicted molar refractivity (Wildman–Crippen MR) is 92.4 cm³/mol. The highest BCUT2D eigenvalue weighted by atomic mass is 32.2. The van der Waals surface area contributed by atoms with Crippen LogP contribution in [0, 0.1) is 5.41 Å². The van der Waals surface area contributed by atoms with E-state index in [0.717, 1.165) is 17.3 Å². The summed E-state index contributed by atoms with van der Waals surface area (Å²) < 4.78 is 5.35. The first kappa shape index (κ1) is 15.8. The number of phenolic OH excluding ortho intramolecular Hbond substituents is 1. The molecule has 0 saturated carbocycles. The molecule has 0 unspecified atom stereocenters. The number of ketones is 1. The maximum Gasteiger partial charge on any atom is 0.186 e. The van der Waals surface area contributed by atoms with E-state index >= 15 is 0 Å². The van der Waals surface area contributed by atoms with Gasteiger partial charge in [0.25, 0.3) is 0 Å². The van der Waals surface area contributed by atoms with E-state index in [2.05, 4.69) is 4.98 Å². The summed E-state index contributed by atoms with van der Waals surface area (Å²) in [6.45, 7) is 2.28. The van der Waals surface area contributed by atoms with Gasteiger partial charge in [-0.1, -0.05) is 17.8 Å². The number of benzene rings is 1. The molecule has 2 heterocycles. The molecule has 2 aromatic rings. The van der Waals surface area contributed by atoms with Crippen LogP contribution in [0.1, 0.15) is 23.4 Å². The Hall–Kier alpha value is -2.12. The van der Waals surface area contributed by atoms with Crippen LogP contribution in [0.2, 0.25) is 0 Å². The molecule has 1 atom stereocenters. The minimum absolute atomic E-state index is 0.0628. The number of nitrogens with zero attached hydrogens (tertiary/aromatic N) is 1. The average molecular weight is 346 g/mol. The largest absolute Gasteiger partial charge is 0.504 e. The number of hydrogen-bond donors (Lipinski definition) is 2. The Labute approximate surface area is 141 Å². The Kier molecular flexibility index (Phi) is 4.49. The highest BCUT2D eigenvalue weighted by Crippen LogP contribution is 2.41. The van der Waals surface area contributed by atoms with Gasteiger partial charge < -0.3 is 9.84 Å². The molecule has 3 rings (SSSR count). The molecule has 1 saturated heterocycles. The van der Waals surface area contributed by atoms with Gasteiger partial charge in [0.1, 0.15) is 10.9 Å². The van der Waals surface area contributed by atoms with Crippen molar-refractivity contribution in [1.29, 1.82) is 5.41 Å². The monoisotopic (exact) mass is 346 g/mol. The normalized spacial score (nSPS) is 19.5. The Bertz CT molecular complexity index is 785. The van der Waals surface area contributed by atoms with Gasteiger partial charge in [0.05, 0.1) is 16.6 Å². The Balaban J connectivity index is 1.90. The smallest absolute Gasteiger partial charge is 0.186 e. The molecule has 0 amide bonds. The van der Waals surface area contributed by atoms with Crippen LogP contribution >= 0.6 is 23.1 Å². The van der Waals surface area contributed by atoms with Crippen molar-refractivity contribution in [1.82, 2.24) is 4.98 Å². The van der Waals surface area contributed by atoms with Gasteiger partial charge in [0, 0.05) is 11.6 Å². The Morgan fingerprint density at radius 2 is 2.30 bits per heavy atom. The Morgan fingerprint density at radius 1 is 1.48 bits per heavy atom. The molecule has 118 valence electrons. The molecule has 0 spiro atoms. The van der Waals surface area contributed by atoms with Gasteiger partial charge in [-0.05, 0) is 30.7 Å². The molecule has 1 fully saturated rings. The molecule has 0 radical (unpaired) electrons. The number of thiazole rings is 1. The standard InChI is InChI=1S/C16H14N2O3S2/c1-2-21-11-7-9(3-4-10(11)19)8-12-14(20)13(15(17)23-12)16-18-5-6-22-16/h3-8,13,17,19H,2H2,1H3/b12-8-,17-15?/t13-/m0/s1. The first-order valence-electron chi connectivity index (χ1n) is 6.97.